The Morgan fingerprint density at radius 3 is 2.60 bits per heavy atom. The van der Waals surface area contributed by atoms with Gasteiger partial charge in [-0.15, -0.1) is 23.7 Å². The third-order valence-corrected chi connectivity index (χ3v) is 6.11. The molecule has 3 nitrogen and oxygen atoms in total. The molecule has 0 saturated carbocycles. The highest BCUT2D eigenvalue weighted by atomic mass is 35.5. The van der Waals surface area contributed by atoms with Crippen molar-refractivity contribution in [1.82, 2.24) is 10.2 Å². The largest absolute Gasteiger partial charge is 0.337 e. The van der Waals surface area contributed by atoms with Gasteiger partial charge in [-0.2, -0.15) is 0 Å². The topological polar surface area (TPSA) is 32.3 Å². The zero-order chi connectivity index (χ0) is 12.8. The quantitative estimate of drug-likeness (QED) is 0.863. The lowest BCUT2D eigenvalue weighted by Gasteiger charge is -2.16. The molecule has 1 aliphatic carbocycles. The standard InChI is InChI=1S/C15H20N2OS.ClH/c18-15(17-8-11-6-16-7-12(11)9-17)14-5-10-3-1-2-4-13(10)19-14;/h5,11-12,16H,1-4,6-9H2;1H/t11-,12+;. The second-order valence-electron chi connectivity index (χ2n) is 6.15. The Balaban J connectivity index is 0.00000121. The predicted molar refractivity (Wildman–Crippen MR) is 84.0 cm³/mol. The molecular formula is C15H21ClN2OS. The average Bonchev–Trinajstić information content (AvgIpc) is 3.10. The first-order chi connectivity index (χ1) is 9.31. The Bertz CT molecular complexity index is 480. The second-order valence-corrected chi connectivity index (χ2v) is 7.29. The molecule has 0 unspecified atom stereocenters. The monoisotopic (exact) mass is 312 g/mol. The molecule has 3 aliphatic rings. The van der Waals surface area contributed by atoms with E-state index in [0.29, 0.717) is 11.8 Å². The molecule has 1 N–H and O–H groups in total. The number of fused-ring (bicyclic) bond motifs is 2. The molecule has 1 amide bonds. The summed E-state index contributed by atoms with van der Waals surface area (Å²) in [6, 6.07) is 2.17. The van der Waals surface area contributed by atoms with Crippen molar-refractivity contribution in [2.75, 3.05) is 26.2 Å². The van der Waals surface area contributed by atoms with E-state index in [4.69, 9.17) is 0 Å². The molecule has 0 spiro atoms. The number of likely N-dealkylation sites (tertiary alicyclic amines) is 1. The van der Waals surface area contributed by atoms with Crippen molar-refractivity contribution in [2.24, 2.45) is 11.8 Å². The first-order valence-electron chi connectivity index (χ1n) is 7.43. The zero-order valence-electron chi connectivity index (χ0n) is 11.6. The number of rotatable bonds is 1. The van der Waals surface area contributed by atoms with Gasteiger partial charge < -0.3 is 10.2 Å². The molecule has 2 atom stereocenters. The smallest absolute Gasteiger partial charge is 0.263 e. The van der Waals surface area contributed by atoms with Crippen molar-refractivity contribution in [1.29, 1.82) is 0 Å². The van der Waals surface area contributed by atoms with Crippen LogP contribution in [0.5, 0.6) is 0 Å². The van der Waals surface area contributed by atoms with E-state index < -0.39 is 0 Å². The van der Waals surface area contributed by atoms with Crippen LogP contribution in [0.4, 0.5) is 0 Å². The van der Waals surface area contributed by atoms with Gasteiger partial charge in [0.05, 0.1) is 4.88 Å². The summed E-state index contributed by atoms with van der Waals surface area (Å²) >= 11 is 1.75. The number of hydrogen-bond donors (Lipinski definition) is 1. The van der Waals surface area contributed by atoms with Crippen molar-refractivity contribution < 1.29 is 4.79 Å². The van der Waals surface area contributed by atoms with Crippen LogP contribution in [0.3, 0.4) is 0 Å². The third-order valence-electron chi connectivity index (χ3n) is 4.88. The minimum atomic E-state index is 0. The molecule has 5 heteroatoms. The van der Waals surface area contributed by atoms with Gasteiger partial charge in [-0.3, -0.25) is 4.79 Å². The minimum Gasteiger partial charge on any atom is -0.337 e. The van der Waals surface area contributed by atoms with E-state index in [1.54, 1.807) is 11.3 Å². The van der Waals surface area contributed by atoms with Crippen molar-refractivity contribution in [3.05, 3.63) is 21.4 Å². The number of amides is 1. The molecule has 3 heterocycles. The maximum atomic E-state index is 12.6. The number of thiophene rings is 1. The van der Waals surface area contributed by atoms with Crippen LogP contribution in [0.25, 0.3) is 0 Å². The summed E-state index contributed by atoms with van der Waals surface area (Å²) < 4.78 is 0. The lowest BCUT2D eigenvalue weighted by atomic mass is 9.99. The number of halogens is 1. The van der Waals surface area contributed by atoms with Crippen LogP contribution in [-0.4, -0.2) is 37.0 Å². The van der Waals surface area contributed by atoms with Crippen LogP contribution in [-0.2, 0) is 12.8 Å². The van der Waals surface area contributed by atoms with Gasteiger partial charge in [-0.25, -0.2) is 0 Å². The van der Waals surface area contributed by atoms with Gasteiger partial charge in [0.1, 0.15) is 0 Å². The van der Waals surface area contributed by atoms with Crippen LogP contribution in [0.2, 0.25) is 0 Å². The number of nitrogens with one attached hydrogen (secondary N) is 1. The Kier molecular flexibility index (Phi) is 4.07. The van der Waals surface area contributed by atoms with Gasteiger partial charge in [0.25, 0.3) is 5.91 Å². The SMILES string of the molecule is Cl.O=C(c1cc2c(s1)CCCC2)N1C[C@H]2CNC[C@H]2C1. The minimum absolute atomic E-state index is 0. The average molecular weight is 313 g/mol. The molecule has 2 fully saturated rings. The van der Waals surface area contributed by atoms with Gasteiger partial charge in [0.15, 0.2) is 0 Å². The highest BCUT2D eigenvalue weighted by Gasteiger charge is 2.38. The zero-order valence-corrected chi connectivity index (χ0v) is 13.2. The summed E-state index contributed by atoms with van der Waals surface area (Å²) in [5, 5.41) is 3.43. The summed E-state index contributed by atoms with van der Waals surface area (Å²) in [6.45, 7) is 4.10. The van der Waals surface area contributed by atoms with Gasteiger partial charge in [-0.1, -0.05) is 0 Å². The lowest BCUT2D eigenvalue weighted by Crippen LogP contribution is -2.31. The molecule has 0 aromatic carbocycles. The number of nitrogens with zero attached hydrogens (tertiary/aromatic N) is 1. The number of carbonyl (C=O) groups excluding carboxylic acids is 1. The second kappa shape index (κ2) is 5.66. The molecular weight excluding hydrogens is 292 g/mol. The first-order valence-corrected chi connectivity index (χ1v) is 8.24. The van der Waals surface area contributed by atoms with Crippen LogP contribution in [0, 0.1) is 11.8 Å². The summed E-state index contributed by atoms with van der Waals surface area (Å²) in [5.41, 5.74) is 1.45. The Morgan fingerprint density at radius 1 is 1.20 bits per heavy atom. The van der Waals surface area contributed by atoms with Crippen LogP contribution in [0.1, 0.15) is 33.0 Å². The summed E-state index contributed by atoms with van der Waals surface area (Å²) in [6.07, 6.45) is 4.94. The van der Waals surface area contributed by atoms with E-state index >= 15 is 0 Å². The van der Waals surface area contributed by atoms with Crippen LogP contribution in [0.15, 0.2) is 6.07 Å². The molecule has 1 aromatic heterocycles. The fraction of sp³-hybridized carbons (Fsp3) is 0.667. The van der Waals surface area contributed by atoms with E-state index in [9.17, 15) is 4.79 Å². The molecule has 110 valence electrons. The van der Waals surface area contributed by atoms with E-state index in [1.807, 2.05) is 0 Å². The molecule has 0 bridgehead atoms. The Labute approximate surface area is 130 Å². The van der Waals surface area contributed by atoms with E-state index in [2.05, 4.69) is 16.3 Å². The maximum absolute atomic E-state index is 12.6. The highest BCUT2D eigenvalue weighted by Crippen LogP contribution is 2.33. The Hall–Kier alpha value is -0.580. The van der Waals surface area contributed by atoms with E-state index in [0.717, 1.165) is 31.1 Å². The molecule has 4 rings (SSSR count). The molecule has 20 heavy (non-hydrogen) atoms. The van der Waals surface area contributed by atoms with Gasteiger partial charge >= 0.3 is 0 Å². The normalized spacial score (nSPS) is 27.9. The van der Waals surface area contributed by atoms with Crippen LogP contribution < -0.4 is 5.32 Å². The maximum Gasteiger partial charge on any atom is 0.263 e. The predicted octanol–water partition coefficient (Wildman–Crippen LogP) is 2.34. The molecule has 0 radical (unpaired) electrons. The molecule has 2 aliphatic heterocycles. The van der Waals surface area contributed by atoms with Gasteiger partial charge in [0.2, 0.25) is 0 Å². The lowest BCUT2D eigenvalue weighted by molar-refractivity contribution is 0.0786. The van der Waals surface area contributed by atoms with Gasteiger partial charge in [0, 0.05) is 31.1 Å². The fourth-order valence-electron chi connectivity index (χ4n) is 3.77. The third kappa shape index (κ3) is 2.38. The van der Waals surface area contributed by atoms with E-state index in [-0.39, 0.29) is 18.3 Å². The summed E-state index contributed by atoms with van der Waals surface area (Å²) in [5.74, 6) is 1.67. The van der Waals surface area contributed by atoms with Crippen LogP contribution >= 0.6 is 23.7 Å². The number of hydrogen-bond acceptors (Lipinski definition) is 3. The first kappa shape index (κ1) is 14.4. The number of aryl methyl sites for hydroxylation is 2. The summed E-state index contributed by atoms with van der Waals surface area (Å²) in [7, 11) is 0. The number of carbonyl (C=O) groups is 1. The molecule has 2 saturated heterocycles. The Morgan fingerprint density at radius 2 is 1.90 bits per heavy atom. The summed E-state index contributed by atoms with van der Waals surface area (Å²) in [4.78, 5) is 17.2. The van der Waals surface area contributed by atoms with Crippen molar-refractivity contribution >= 4 is 29.7 Å². The van der Waals surface area contributed by atoms with Crippen molar-refractivity contribution in [3.63, 3.8) is 0 Å². The van der Waals surface area contributed by atoms with Crippen molar-refractivity contribution in [3.8, 4) is 0 Å². The highest BCUT2D eigenvalue weighted by molar-refractivity contribution is 7.14. The fourth-order valence-corrected chi connectivity index (χ4v) is 4.99. The molecule has 1 aromatic rings. The van der Waals surface area contributed by atoms with Crippen molar-refractivity contribution in [2.45, 2.75) is 25.7 Å². The van der Waals surface area contributed by atoms with E-state index in [1.165, 1.54) is 36.1 Å². The van der Waals surface area contributed by atoms with Gasteiger partial charge in [-0.05, 0) is 49.1 Å².